The summed E-state index contributed by atoms with van der Waals surface area (Å²) in [4.78, 5) is 0. The summed E-state index contributed by atoms with van der Waals surface area (Å²) in [5.41, 5.74) is 2.20. The highest BCUT2D eigenvalue weighted by Crippen LogP contribution is 2.19. The van der Waals surface area contributed by atoms with E-state index in [1.807, 2.05) is 30.3 Å². The number of rotatable bonds is 4. The molecule has 2 aromatic carbocycles. The maximum atomic E-state index is 13.8. The van der Waals surface area contributed by atoms with E-state index in [9.17, 15) is 4.39 Å². The van der Waals surface area contributed by atoms with Gasteiger partial charge < -0.3 is 5.32 Å². The average Bonchev–Trinajstić information content (AvgIpc) is 3.02. The molecule has 3 rings (SSSR count). The zero-order chi connectivity index (χ0) is 13.8. The monoisotopic (exact) mass is 269 g/mol. The van der Waals surface area contributed by atoms with Gasteiger partial charge in [-0.05, 0) is 34.2 Å². The van der Waals surface area contributed by atoms with Crippen molar-refractivity contribution in [2.24, 2.45) is 0 Å². The highest BCUT2D eigenvalue weighted by Gasteiger charge is 2.05. The first-order valence-corrected chi connectivity index (χ1v) is 6.13. The number of nitrogens with zero attached hydrogens (tertiary/aromatic N) is 4. The topological polar surface area (TPSA) is 55.6 Å². The molecule has 3 aromatic rings. The Labute approximate surface area is 115 Å². The van der Waals surface area contributed by atoms with Crippen molar-refractivity contribution >= 4 is 5.69 Å². The second-order valence-electron chi connectivity index (χ2n) is 4.26. The quantitative estimate of drug-likeness (QED) is 0.790. The van der Waals surface area contributed by atoms with Crippen molar-refractivity contribution in [1.29, 1.82) is 0 Å². The van der Waals surface area contributed by atoms with Gasteiger partial charge in [-0.2, -0.15) is 0 Å². The molecule has 0 aliphatic heterocycles. The molecule has 0 fully saturated rings. The van der Waals surface area contributed by atoms with E-state index in [4.69, 9.17) is 0 Å². The normalized spacial score (nSPS) is 10.4. The summed E-state index contributed by atoms with van der Waals surface area (Å²) in [7, 11) is 0. The number of halogens is 1. The lowest BCUT2D eigenvalue weighted by Crippen LogP contribution is -2.03. The lowest BCUT2D eigenvalue weighted by molar-refractivity contribution is 0.629. The van der Waals surface area contributed by atoms with Crippen molar-refractivity contribution in [2.75, 3.05) is 5.32 Å². The van der Waals surface area contributed by atoms with Crippen LogP contribution in [0.4, 0.5) is 10.1 Å². The number of anilines is 1. The fourth-order valence-corrected chi connectivity index (χ4v) is 1.86. The molecule has 5 nitrogen and oxygen atoms in total. The average molecular weight is 269 g/mol. The van der Waals surface area contributed by atoms with Gasteiger partial charge in [-0.25, -0.2) is 9.07 Å². The first-order valence-electron chi connectivity index (χ1n) is 6.13. The molecule has 20 heavy (non-hydrogen) atoms. The largest absolute Gasteiger partial charge is 0.379 e. The minimum atomic E-state index is -0.308. The van der Waals surface area contributed by atoms with Gasteiger partial charge in [0.05, 0.1) is 11.4 Å². The van der Waals surface area contributed by atoms with Crippen LogP contribution in [0.25, 0.3) is 5.69 Å². The van der Waals surface area contributed by atoms with Gasteiger partial charge >= 0.3 is 0 Å². The molecule has 0 spiro atoms. The molecule has 1 heterocycles. The maximum Gasteiger partial charge on any atom is 0.146 e. The molecule has 0 aliphatic carbocycles. The molecular weight excluding hydrogens is 257 g/mol. The van der Waals surface area contributed by atoms with Crippen LogP contribution in [0.1, 0.15) is 5.56 Å². The van der Waals surface area contributed by atoms with Gasteiger partial charge in [0.2, 0.25) is 0 Å². The Morgan fingerprint density at radius 2 is 1.95 bits per heavy atom. The summed E-state index contributed by atoms with van der Waals surface area (Å²) in [6.45, 7) is 0.552. The fourth-order valence-electron chi connectivity index (χ4n) is 1.86. The Morgan fingerprint density at radius 1 is 1.10 bits per heavy atom. The number of benzene rings is 2. The second-order valence-corrected chi connectivity index (χ2v) is 4.26. The van der Waals surface area contributed by atoms with E-state index in [2.05, 4.69) is 20.8 Å². The molecule has 0 amide bonds. The summed E-state index contributed by atoms with van der Waals surface area (Å²) in [6.07, 6.45) is 1.47. The number of hydrogen-bond acceptors (Lipinski definition) is 4. The second kappa shape index (κ2) is 5.48. The molecule has 1 aromatic heterocycles. The van der Waals surface area contributed by atoms with E-state index >= 15 is 0 Å². The Hall–Kier alpha value is -2.76. The molecule has 0 radical (unpaired) electrons. The lowest BCUT2D eigenvalue weighted by atomic mass is 10.2. The SMILES string of the molecule is Fc1ccc(-n2cnnn2)cc1NCc1ccccc1. The van der Waals surface area contributed by atoms with Crippen LogP contribution < -0.4 is 5.32 Å². The molecule has 0 unspecified atom stereocenters. The van der Waals surface area contributed by atoms with Crippen molar-refractivity contribution < 1.29 is 4.39 Å². The third-order valence-corrected chi connectivity index (χ3v) is 2.89. The first-order chi connectivity index (χ1) is 9.83. The molecule has 6 heteroatoms. The standard InChI is InChI=1S/C14H12FN5/c15-13-7-6-12(20-10-17-18-19-20)8-14(13)16-9-11-4-2-1-3-5-11/h1-8,10,16H,9H2. The molecule has 1 N–H and O–H groups in total. The zero-order valence-electron chi connectivity index (χ0n) is 10.6. The number of aromatic nitrogens is 4. The molecule has 0 bridgehead atoms. The van der Waals surface area contributed by atoms with Crippen LogP contribution in [0.15, 0.2) is 54.9 Å². The van der Waals surface area contributed by atoms with Crippen molar-refractivity contribution in [1.82, 2.24) is 20.2 Å². The Balaban J connectivity index is 1.80. The molecule has 0 saturated carbocycles. The smallest absolute Gasteiger partial charge is 0.146 e. The van der Waals surface area contributed by atoms with Gasteiger partial charge in [0.15, 0.2) is 0 Å². The highest BCUT2D eigenvalue weighted by molar-refractivity contribution is 5.52. The van der Waals surface area contributed by atoms with E-state index in [0.29, 0.717) is 17.9 Å². The predicted molar refractivity (Wildman–Crippen MR) is 72.9 cm³/mol. The van der Waals surface area contributed by atoms with Crippen molar-refractivity contribution in [3.05, 3.63) is 66.2 Å². The first kappa shape index (κ1) is 12.3. The van der Waals surface area contributed by atoms with Crippen LogP contribution in [0, 0.1) is 5.82 Å². The number of nitrogens with one attached hydrogen (secondary N) is 1. The number of hydrogen-bond donors (Lipinski definition) is 1. The third-order valence-electron chi connectivity index (χ3n) is 2.89. The van der Waals surface area contributed by atoms with Gasteiger partial charge in [0.1, 0.15) is 12.1 Å². The summed E-state index contributed by atoms with van der Waals surface area (Å²) < 4.78 is 15.3. The van der Waals surface area contributed by atoms with Crippen LogP contribution in [-0.2, 0) is 6.54 Å². The van der Waals surface area contributed by atoms with E-state index in [1.54, 1.807) is 12.1 Å². The molecule has 0 aliphatic rings. The van der Waals surface area contributed by atoms with Gasteiger partial charge in [-0.1, -0.05) is 30.3 Å². The summed E-state index contributed by atoms with van der Waals surface area (Å²) in [5, 5.41) is 14.0. The van der Waals surface area contributed by atoms with E-state index < -0.39 is 0 Å². The van der Waals surface area contributed by atoms with Crippen LogP contribution in [0.3, 0.4) is 0 Å². The molecular formula is C14H12FN5. The Morgan fingerprint density at radius 3 is 2.70 bits per heavy atom. The number of tetrazole rings is 1. The molecule has 0 saturated heterocycles. The predicted octanol–water partition coefficient (Wildman–Crippen LogP) is 2.41. The van der Waals surface area contributed by atoms with Crippen LogP contribution >= 0.6 is 0 Å². The van der Waals surface area contributed by atoms with E-state index in [-0.39, 0.29) is 5.82 Å². The lowest BCUT2D eigenvalue weighted by Gasteiger charge is -2.09. The fraction of sp³-hybridized carbons (Fsp3) is 0.0714. The van der Waals surface area contributed by atoms with Gasteiger partial charge in [0.25, 0.3) is 0 Å². The van der Waals surface area contributed by atoms with Gasteiger partial charge in [-0.15, -0.1) is 5.10 Å². The summed E-state index contributed by atoms with van der Waals surface area (Å²) >= 11 is 0. The summed E-state index contributed by atoms with van der Waals surface area (Å²) in [6, 6.07) is 14.5. The summed E-state index contributed by atoms with van der Waals surface area (Å²) in [5.74, 6) is -0.308. The van der Waals surface area contributed by atoms with Crippen molar-refractivity contribution in [3.8, 4) is 5.69 Å². The Kier molecular flexibility index (Phi) is 3.36. The van der Waals surface area contributed by atoms with Crippen LogP contribution in [-0.4, -0.2) is 20.2 Å². The maximum absolute atomic E-state index is 13.8. The van der Waals surface area contributed by atoms with Crippen LogP contribution in [0.5, 0.6) is 0 Å². The van der Waals surface area contributed by atoms with Crippen LogP contribution in [0.2, 0.25) is 0 Å². The Bertz CT molecular complexity index is 682. The van der Waals surface area contributed by atoms with Gasteiger partial charge in [0, 0.05) is 6.54 Å². The zero-order valence-corrected chi connectivity index (χ0v) is 10.6. The third kappa shape index (κ3) is 2.64. The minimum absolute atomic E-state index is 0.308. The van der Waals surface area contributed by atoms with E-state index in [0.717, 1.165) is 5.56 Å². The van der Waals surface area contributed by atoms with E-state index in [1.165, 1.54) is 17.1 Å². The highest BCUT2D eigenvalue weighted by atomic mass is 19.1. The molecule has 100 valence electrons. The van der Waals surface area contributed by atoms with Crippen molar-refractivity contribution in [3.63, 3.8) is 0 Å². The minimum Gasteiger partial charge on any atom is -0.379 e. The van der Waals surface area contributed by atoms with Crippen molar-refractivity contribution in [2.45, 2.75) is 6.54 Å². The van der Waals surface area contributed by atoms with Gasteiger partial charge in [-0.3, -0.25) is 0 Å². The molecule has 0 atom stereocenters.